The third-order valence-electron chi connectivity index (χ3n) is 2.78. The summed E-state index contributed by atoms with van der Waals surface area (Å²) >= 11 is 13.0. The van der Waals surface area contributed by atoms with Gasteiger partial charge in [-0.3, -0.25) is 0 Å². The SMILES string of the molecule is CN(Cc1ccc(Cl)s1)S(=O)(=O)c1ccc(C#N)c(Cl)c1. The maximum Gasteiger partial charge on any atom is 0.243 e. The molecule has 1 heterocycles. The van der Waals surface area contributed by atoms with Gasteiger partial charge < -0.3 is 0 Å². The molecule has 0 amide bonds. The first-order valence-electron chi connectivity index (χ1n) is 5.75. The van der Waals surface area contributed by atoms with Crippen molar-refractivity contribution in [1.29, 1.82) is 5.26 Å². The second-order valence-corrected chi connectivity index (χ2v) is 8.47. The predicted octanol–water partition coefficient (Wildman–Crippen LogP) is 3.75. The Labute approximate surface area is 137 Å². The summed E-state index contributed by atoms with van der Waals surface area (Å²) in [5, 5.41) is 8.93. The lowest BCUT2D eigenvalue weighted by molar-refractivity contribution is 0.469. The van der Waals surface area contributed by atoms with Gasteiger partial charge in [-0.2, -0.15) is 9.57 Å². The Morgan fingerprint density at radius 2 is 2.00 bits per heavy atom. The molecule has 0 bridgehead atoms. The van der Waals surface area contributed by atoms with Crippen molar-refractivity contribution in [3.63, 3.8) is 0 Å². The summed E-state index contributed by atoms with van der Waals surface area (Å²) in [7, 11) is -2.19. The molecule has 4 nitrogen and oxygen atoms in total. The molecular weight excluding hydrogens is 351 g/mol. The van der Waals surface area contributed by atoms with Crippen molar-refractivity contribution < 1.29 is 8.42 Å². The van der Waals surface area contributed by atoms with Crippen LogP contribution >= 0.6 is 34.5 Å². The van der Waals surface area contributed by atoms with Crippen LogP contribution in [-0.4, -0.2) is 19.8 Å². The lowest BCUT2D eigenvalue weighted by atomic mass is 10.2. The molecule has 0 aliphatic carbocycles. The maximum atomic E-state index is 12.5. The number of halogens is 2. The quantitative estimate of drug-likeness (QED) is 0.833. The summed E-state index contributed by atoms with van der Waals surface area (Å²) < 4.78 is 26.7. The van der Waals surface area contributed by atoms with Crippen LogP contribution in [0.2, 0.25) is 9.36 Å². The van der Waals surface area contributed by atoms with Crippen LogP contribution < -0.4 is 0 Å². The van der Waals surface area contributed by atoms with Gasteiger partial charge in [0.05, 0.1) is 19.8 Å². The summed E-state index contributed by atoms with van der Waals surface area (Å²) in [5.74, 6) is 0. The average molecular weight is 361 g/mol. The zero-order valence-electron chi connectivity index (χ0n) is 10.9. The van der Waals surface area contributed by atoms with Crippen LogP contribution in [0.4, 0.5) is 0 Å². The molecule has 0 saturated carbocycles. The molecule has 0 radical (unpaired) electrons. The van der Waals surface area contributed by atoms with E-state index in [0.29, 0.717) is 4.34 Å². The summed E-state index contributed by atoms with van der Waals surface area (Å²) in [5.41, 5.74) is 0.239. The zero-order valence-corrected chi connectivity index (χ0v) is 14.0. The number of hydrogen-bond acceptors (Lipinski definition) is 4. The van der Waals surface area contributed by atoms with E-state index in [2.05, 4.69) is 0 Å². The third-order valence-corrected chi connectivity index (χ3v) is 6.10. The van der Waals surface area contributed by atoms with E-state index in [9.17, 15) is 8.42 Å². The van der Waals surface area contributed by atoms with Gasteiger partial charge in [-0.1, -0.05) is 23.2 Å². The summed E-state index contributed by atoms with van der Waals surface area (Å²) in [6, 6.07) is 9.45. The van der Waals surface area contributed by atoms with Crippen LogP contribution in [0, 0.1) is 11.3 Å². The Balaban J connectivity index is 2.29. The first-order chi connectivity index (χ1) is 9.84. The van der Waals surface area contributed by atoms with Crippen molar-refractivity contribution >= 4 is 44.6 Å². The van der Waals surface area contributed by atoms with E-state index >= 15 is 0 Å². The predicted molar refractivity (Wildman–Crippen MR) is 84.1 cm³/mol. The van der Waals surface area contributed by atoms with Crippen LogP contribution in [0.1, 0.15) is 10.4 Å². The molecule has 0 spiro atoms. The van der Waals surface area contributed by atoms with E-state index in [-0.39, 0.29) is 22.0 Å². The Hall–Kier alpha value is -1.10. The highest BCUT2D eigenvalue weighted by Gasteiger charge is 2.22. The molecule has 21 heavy (non-hydrogen) atoms. The van der Waals surface area contributed by atoms with Gasteiger partial charge in [0.15, 0.2) is 0 Å². The fraction of sp³-hybridized carbons (Fsp3) is 0.154. The number of nitriles is 1. The molecule has 0 aliphatic heterocycles. The molecule has 8 heteroatoms. The molecule has 2 rings (SSSR count). The summed E-state index contributed by atoms with van der Waals surface area (Å²) in [6.07, 6.45) is 0. The second kappa shape index (κ2) is 6.34. The number of sulfonamides is 1. The molecule has 1 aromatic carbocycles. The number of nitrogens with zero attached hydrogens (tertiary/aromatic N) is 2. The maximum absolute atomic E-state index is 12.5. The van der Waals surface area contributed by atoms with Crippen LogP contribution in [0.15, 0.2) is 35.2 Å². The molecule has 0 aliphatic rings. The lowest BCUT2D eigenvalue weighted by Gasteiger charge is -2.16. The van der Waals surface area contributed by atoms with Crippen molar-refractivity contribution in [2.24, 2.45) is 0 Å². The number of thiophene rings is 1. The minimum Gasteiger partial charge on any atom is -0.207 e. The summed E-state index contributed by atoms with van der Waals surface area (Å²) in [4.78, 5) is 0.891. The zero-order chi connectivity index (χ0) is 15.6. The van der Waals surface area contributed by atoms with Crippen LogP contribution in [-0.2, 0) is 16.6 Å². The monoisotopic (exact) mass is 360 g/mol. The molecule has 0 fully saturated rings. The summed E-state index contributed by atoms with van der Waals surface area (Å²) in [6.45, 7) is 0.220. The smallest absolute Gasteiger partial charge is 0.207 e. The molecule has 0 N–H and O–H groups in total. The Morgan fingerprint density at radius 1 is 1.29 bits per heavy atom. The highest BCUT2D eigenvalue weighted by atomic mass is 35.5. The van der Waals surface area contributed by atoms with E-state index in [4.69, 9.17) is 28.5 Å². The first kappa shape index (κ1) is 16.3. The molecule has 1 aromatic heterocycles. The van der Waals surface area contributed by atoms with Crippen molar-refractivity contribution in [3.8, 4) is 6.07 Å². The van der Waals surface area contributed by atoms with Gasteiger partial charge in [0.25, 0.3) is 0 Å². The van der Waals surface area contributed by atoms with Gasteiger partial charge in [0.1, 0.15) is 6.07 Å². The van der Waals surface area contributed by atoms with Gasteiger partial charge in [-0.15, -0.1) is 11.3 Å². The van der Waals surface area contributed by atoms with Crippen molar-refractivity contribution in [2.45, 2.75) is 11.4 Å². The first-order valence-corrected chi connectivity index (χ1v) is 8.76. The van der Waals surface area contributed by atoms with Gasteiger partial charge in [0.2, 0.25) is 10.0 Å². The standard InChI is InChI=1S/C13H10Cl2N2O2S2/c1-17(8-10-3-5-13(15)20-10)21(18,19)11-4-2-9(7-16)12(14)6-11/h2-6H,8H2,1H3. The number of rotatable bonds is 4. The molecule has 0 unspecified atom stereocenters. The van der Waals surface area contributed by atoms with Crippen molar-refractivity contribution in [2.75, 3.05) is 7.05 Å². The largest absolute Gasteiger partial charge is 0.243 e. The number of benzene rings is 1. The average Bonchev–Trinajstić information content (AvgIpc) is 2.83. The molecule has 0 atom stereocenters. The minimum absolute atomic E-state index is 0.0525. The van der Waals surface area contributed by atoms with E-state index in [0.717, 1.165) is 4.88 Å². The molecule has 110 valence electrons. The van der Waals surface area contributed by atoms with Gasteiger partial charge in [-0.05, 0) is 30.3 Å². The van der Waals surface area contributed by atoms with E-state index in [1.54, 1.807) is 12.1 Å². The second-order valence-electron chi connectivity index (χ2n) is 4.22. The molecule has 0 saturated heterocycles. The van der Waals surface area contributed by atoms with E-state index < -0.39 is 10.0 Å². The van der Waals surface area contributed by atoms with Gasteiger partial charge in [-0.25, -0.2) is 8.42 Å². The van der Waals surface area contributed by atoms with E-state index in [1.807, 2.05) is 6.07 Å². The highest BCUT2D eigenvalue weighted by molar-refractivity contribution is 7.89. The normalized spacial score (nSPS) is 11.6. The van der Waals surface area contributed by atoms with Crippen molar-refractivity contribution in [3.05, 3.63) is 50.1 Å². The Kier molecular flexibility index (Phi) is 4.91. The highest BCUT2D eigenvalue weighted by Crippen LogP contribution is 2.26. The Bertz CT molecular complexity index is 810. The number of hydrogen-bond donors (Lipinski definition) is 0. The topological polar surface area (TPSA) is 61.2 Å². The Morgan fingerprint density at radius 3 is 2.52 bits per heavy atom. The fourth-order valence-corrected chi connectivity index (χ4v) is 4.35. The molecule has 2 aromatic rings. The van der Waals surface area contributed by atoms with Crippen molar-refractivity contribution in [1.82, 2.24) is 4.31 Å². The van der Waals surface area contributed by atoms with Crippen LogP contribution in [0.25, 0.3) is 0 Å². The van der Waals surface area contributed by atoms with Gasteiger partial charge >= 0.3 is 0 Å². The van der Waals surface area contributed by atoms with Gasteiger partial charge in [0, 0.05) is 18.5 Å². The van der Waals surface area contributed by atoms with E-state index in [1.165, 1.54) is 40.9 Å². The third kappa shape index (κ3) is 3.57. The fourth-order valence-electron chi connectivity index (χ4n) is 1.67. The van der Waals surface area contributed by atoms with Crippen LogP contribution in [0.3, 0.4) is 0 Å². The minimum atomic E-state index is -3.67. The molecular formula is C13H10Cl2N2O2S2. The van der Waals surface area contributed by atoms with Crippen LogP contribution in [0.5, 0.6) is 0 Å². The lowest BCUT2D eigenvalue weighted by Crippen LogP contribution is -2.26.